The maximum absolute atomic E-state index is 12.6. The van der Waals surface area contributed by atoms with E-state index >= 15 is 0 Å². The molecule has 7 nitrogen and oxygen atoms in total. The zero-order valence-corrected chi connectivity index (χ0v) is 14.1. The molecule has 0 bridgehead atoms. The van der Waals surface area contributed by atoms with Crippen LogP contribution in [0.25, 0.3) is 0 Å². The van der Waals surface area contributed by atoms with Gasteiger partial charge in [-0.3, -0.25) is 4.79 Å². The number of carbonyl (C=O) groups excluding carboxylic acids is 1. The molecule has 8 heteroatoms. The molecular weight excluding hydrogens is 326 g/mol. The van der Waals surface area contributed by atoms with Gasteiger partial charge in [0.25, 0.3) is 0 Å². The molecule has 0 radical (unpaired) electrons. The van der Waals surface area contributed by atoms with Crippen molar-refractivity contribution in [1.29, 1.82) is 0 Å². The average Bonchev–Trinajstić information content (AvgIpc) is 3.34. The highest BCUT2D eigenvalue weighted by Gasteiger charge is 2.25. The maximum Gasteiger partial charge on any atom is 0.237 e. The van der Waals surface area contributed by atoms with Gasteiger partial charge in [0.05, 0.1) is 18.4 Å². The number of thioether (sulfide) groups is 1. The zero-order valence-electron chi connectivity index (χ0n) is 13.3. The quantitative estimate of drug-likeness (QED) is 0.765. The molecular formula is C16H19N5O2S. The van der Waals surface area contributed by atoms with Crippen molar-refractivity contribution in [3.05, 3.63) is 29.8 Å². The fourth-order valence-corrected chi connectivity index (χ4v) is 3.96. The van der Waals surface area contributed by atoms with Gasteiger partial charge in [-0.25, -0.2) is 4.68 Å². The van der Waals surface area contributed by atoms with E-state index in [4.69, 9.17) is 4.74 Å². The number of ether oxygens (including phenoxy) is 1. The summed E-state index contributed by atoms with van der Waals surface area (Å²) in [6, 6.07) is 8.07. The van der Waals surface area contributed by atoms with Crippen molar-refractivity contribution in [2.45, 2.75) is 37.1 Å². The van der Waals surface area contributed by atoms with E-state index in [1.165, 1.54) is 17.3 Å². The molecule has 0 saturated carbocycles. The summed E-state index contributed by atoms with van der Waals surface area (Å²) in [6.45, 7) is 2.21. The van der Waals surface area contributed by atoms with Crippen molar-refractivity contribution in [2.75, 3.05) is 23.8 Å². The number of fused-ring (bicyclic) bond motifs is 1. The summed E-state index contributed by atoms with van der Waals surface area (Å²) in [6.07, 6.45) is 3.22. The summed E-state index contributed by atoms with van der Waals surface area (Å²) in [5, 5.41) is 12.5. The van der Waals surface area contributed by atoms with E-state index in [2.05, 4.69) is 21.6 Å². The lowest BCUT2D eigenvalue weighted by molar-refractivity contribution is -0.116. The van der Waals surface area contributed by atoms with Crippen LogP contribution in [-0.2, 0) is 22.5 Å². The van der Waals surface area contributed by atoms with Crippen LogP contribution in [0.2, 0.25) is 0 Å². The SMILES string of the molecule is O=C(CSc1nnnn1C[C@H]1CCCO1)N1CCc2ccccc21. The number of hydrogen-bond acceptors (Lipinski definition) is 6. The number of aromatic nitrogens is 4. The van der Waals surface area contributed by atoms with Crippen molar-refractivity contribution in [1.82, 2.24) is 20.2 Å². The Labute approximate surface area is 144 Å². The summed E-state index contributed by atoms with van der Waals surface area (Å²) in [4.78, 5) is 14.4. The van der Waals surface area contributed by atoms with Crippen LogP contribution in [-0.4, -0.2) is 51.1 Å². The summed E-state index contributed by atoms with van der Waals surface area (Å²) in [5.41, 5.74) is 2.26. The Morgan fingerprint density at radius 3 is 3.17 bits per heavy atom. The van der Waals surface area contributed by atoms with Gasteiger partial charge in [-0.2, -0.15) is 0 Å². The van der Waals surface area contributed by atoms with Gasteiger partial charge in [0.15, 0.2) is 0 Å². The molecule has 3 heterocycles. The largest absolute Gasteiger partial charge is 0.376 e. The van der Waals surface area contributed by atoms with Gasteiger partial charge in [0, 0.05) is 18.8 Å². The second-order valence-corrected chi connectivity index (χ2v) is 6.93. The Kier molecular flexibility index (Phi) is 4.48. The van der Waals surface area contributed by atoms with Gasteiger partial charge in [-0.05, 0) is 41.3 Å². The Bertz CT molecular complexity index is 729. The lowest BCUT2D eigenvalue weighted by Gasteiger charge is -2.17. The second kappa shape index (κ2) is 6.90. The monoisotopic (exact) mass is 345 g/mol. The first kappa shape index (κ1) is 15.6. The van der Waals surface area contributed by atoms with Crippen LogP contribution < -0.4 is 4.90 Å². The third kappa shape index (κ3) is 3.16. The number of amides is 1. The van der Waals surface area contributed by atoms with E-state index in [1.54, 1.807) is 4.68 Å². The van der Waals surface area contributed by atoms with Crippen molar-refractivity contribution in [3.63, 3.8) is 0 Å². The highest BCUT2D eigenvalue weighted by atomic mass is 32.2. The minimum Gasteiger partial charge on any atom is -0.376 e. The van der Waals surface area contributed by atoms with Crippen molar-refractivity contribution >= 4 is 23.4 Å². The molecule has 1 fully saturated rings. The molecule has 1 saturated heterocycles. The third-order valence-electron chi connectivity index (χ3n) is 4.41. The van der Waals surface area contributed by atoms with E-state index in [-0.39, 0.29) is 12.0 Å². The third-order valence-corrected chi connectivity index (χ3v) is 5.35. The first-order valence-electron chi connectivity index (χ1n) is 8.20. The van der Waals surface area contributed by atoms with Gasteiger partial charge in [0.1, 0.15) is 0 Å². The van der Waals surface area contributed by atoms with Gasteiger partial charge >= 0.3 is 0 Å². The molecule has 0 aliphatic carbocycles. The lowest BCUT2D eigenvalue weighted by atomic mass is 10.2. The molecule has 0 spiro atoms. The molecule has 1 aromatic carbocycles. The minimum atomic E-state index is 0.0941. The van der Waals surface area contributed by atoms with Crippen molar-refractivity contribution in [2.24, 2.45) is 0 Å². The second-order valence-electron chi connectivity index (χ2n) is 5.99. The van der Waals surface area contributed by atoms with Crippen LogP contribution >= 0.6 is 11.8 Å². The standard InChI is InChI=1S/C16H19N5O2S/c22-15(20-8-7-12-4-1-2-6-14(12)20)11-24-16-17-18-19-21(16)10-13-5-3-9-23-13/h1-2,4,6,13H,3,5,7-11H2/t13-/m1/s1. The van der Waals surface area contributed by atoms with Crippen LogP contribution in [0.4, 0.5) is 5.69 Å². The number of rotatable bonds is 5. The molecule has 4 rings (SSSR count). The molecule has 1 atom stereocenters. The Hall–Kier alpha value is -1.93. The molecule has 126 valence electrons. The van der Waals surface area contributed by atoms with E-state index in [1.807, 2.05) is 23.1 Å². The molecule has 1 amide bonds. The minimum absolute atomic E-state index is 0.0941. The van der Waals surface area contributed by atoms with E-state index in [9.17, 15) is 4.79 Å². The predicted octanol–water partition coefficient (Wildman–Crippen LogP) is 1.53. The smallest absolute Gasteiger partial charge is 0.237 e. The molecule has 24 heavy (non-hydrogen) atoms. The number of hydrogen-bond donors (Lipinski definition) is 0. The normalized spacial score (nSPS) is 19.7. The highest BCUT2D eigenvalue weighted by molar-refractivity contribution is 7.99. The van der Waals surface area contributed by atoms with Crippen LogP contribution in [0.3, 0.4) is 0 Å². The molecule has 2 aromatic rings. The number of carbonyl (C=O) groups is 1. The maximum atomic E-state index is 12.6. The van der Waals surface area contributed by atoms with Crippen LogP contribution in [0, 0.1) is 0 Å². The van der Waals surface area contributed by atoms with Crippen LogP contribution in [0.15, 0.2) is 29.4 Å². The van der Waals surface area contributed by atoms with E-state index in [0.717, 1.165) is 38.1 Å². The first-order valence-corrected chi connectivity index (χ1v) is 9.18. The number of nitrogens with zero attached hydrogens (tertiary/aromatic N) is 5. The fraction of sp³-hybridized carbons (Fsp3) is 0.500. The number of anilines is 1. The van der Waals surface area contributed by atoms with Gasteiger partial charge < -0.3 is 9.64 Å². The predicted molar refractivity (Wildman–Crippen MR) is 90.0 cm³/mol. The molecule has 2 aliphatic heterocycles. The summed E-state index contributed by atoms with van der Waals surface area (Å²) in [5.74, 6) is 0.428. The molecule has 0 unspecified atom stereocenters. The summed E-state index contributed by atoms with van der Waals surface area (Å²) in [7, 11) is 0. The summed E-state index contributed by atoms with van der Waals surface area (Å²) < 4.78 is 7.37. The van der Waals surface area contributed by atoms with Crippen molar-refractivity contribution < 1.29 is 9.53 Å². The Balaban J connectivity index is 1.37. The molecule has 1 aromatic heterocycles. The zero-order chi connectivity index (χ0) is 16.4. The van der Waals surface area contributed by atoms with Crippen LogP contribution in [0.5, 0.6) is 0 Å². The number of para-hydroxylation sites is 1. The topological polar surface area (TPSA) is 73.1 Å². The highest BCUT2D eigenvalue weighted by Crippen LogP contribution is 2.28. The van der Waals surface area contributed by atoms with E-state index < -0.39 is 0 Å². The molecule has 2 aliphatic rings. The van der Waals surface area contributed by atoms with Crippen molar-refractivity contribution in [3.8, 4) is 0 Å². The average molecular weight is 345 g/mol. The summed E-state index contributed by atoms with van der Waals surface area (Å²) >= 11 is 1.39. The van der Waals surface area contributed by atoms with Gasteiger partial charge in [-0.1, -0.05) is 30.0 Å². The Morgan fingerprint density at radius 1 is 1.38 bits per heavy atom. The lowest BCUT2D eigenvalue weighted by Crippen LogP contribution is -2.30. The molecule has 0 N–H and O–H groups in total. The first-order chi connectivity index (χ1) is 11.8. The van der Waals surface area contributed by atoms with E-state index in [0.29, 0.717) is 17.5 Å². The Morgan fingerprint density at radius 2 is 2.29 bits per heavy atom. The van der Waals surface area contributed by atoms with Gasteiger partial charge in [-0.15, -0.1) is 5.10 Å². The van der Waals surface area contributed by atoms with Crippen LogP contribution in [0.1, 0.15) is 18.4 Å². The number of tetrazole rings is 1. The fourth-order valence-electron chi connectivity index (χ4n) is 3.20. The van der Waals surface area contributed by atoms with Gasteiger partial charge in [0.2, 0.25) is 11.1 Å². The number of benzene rings is 1.